The molecular formula is C39H74O8P2Pd. The molecule has 0 aromatic rings. The Kier molecular flexibility index (Phi) is 27.7. The Morgan fingerprint density at radius 2 is 0.640 bits per heavy atom. The molecule has 0 aromatic carbocycles. The van der Waals surface area contributed by atoms with E-state index in [9.17, 15) is 20.4 Å². The monoisotopic (exact) mass is 838 g/mol. The van der Waals surface area contributed by atoms with Gasteiger partial charge < -0.3 is 30.6 Å². The van der Waals surface area contributed by atoms with Crippen LogP contribution in [-0.2, 0) is 30.0 Å². The third kappa shape index (κ3) is 24.6. The summed E-state index contributed by atoms with van der Waals surface area (Å²) in [6.07, 6.45) is 34.2. The van der Waals surface area contributed by atoms with E-state index in [2.05, 4.69) is 0 Å². The molecule has 4 saturated carbocycles. The molecule has 0 aromatic heterocycles. The molecule has 4 rings (SSSR count). The van der Waals surface area contributed by atoms with Crippen LogP contribution in [0.2, 0.25) is 0 Å². The van der Waals surface area contributed by atoms with Crippen LogP contribution in [0.1, 0.15) is 149 Å². The number of rotatable bonds is 20. The van der Waals surface area contributed by atoms with Crippen molar-refractivity contribution in [2.75, 3.05) is 37.0 Å². The van der Waals surface area contributed by atoms with Gasteiger partial charge in [-0.15, -0.1) is 15.8 Å². The third-order valence-electron chi connectivity index (χ3n) is 11.3. The first kappa shape index (κ1) is 48.3. The molecule has 298 valence electrons. The van der Waals surface area contributed by atoms with Crippen molar-refractivity contribution in [2.24, 2.45) is 23.7 Å². The van der Waals surface area contributed by atoms with Crippen molar-refractivity contribution >= 4 is 27.8 Å². The molecule has 0 aliphatic heterocycles. The maximum atomic E-state index is 9.95. The van der Waals surface area contributed by atoms with E-state index in [4.69, 9.17) is 19.8 Å². The second kappa shape index (κ2) is 28.7. The van der Waals surface area contributed by atoms with E-state index in [1.54, 1.807) is 0 Å². The predicted molar refractivity (Wildman–Crippen MR) is 205 cm³/mol. The Morgan fingerprint density at radius 3 is 0.820 bits per heavy atom. The van der Waals surface area contributed by atoms with E-state index in [0.717, 1.165) is 88.9 Å². The van der Waals surface area contributed by atoms with Crippen LogP contribution in [0.4, 0.5) is 0 Å². The number of aliphatic carboxylic acids is 2. The van der Waals surface area contributed by atoms with Gasteiger partial charge in [-0.1, -0.05) is 25.7 Å². The first-order chi connectivity index (χ1) is 23.4. The van der Waals surface area contributed by atoms with Crippen molar-refractivity contribution in [2.45, 2.75) is 173 Å². The Hall–Kier alpha value is 0.302. The summed E-state index contributed by atoms with van der Waals surface area (Å²) in [5, 5.41) is 54.6. The van der Waals surface area contributed by atoms with Gasteiger partial charge in [-0.2, -0.15) is 0 Å². The summed E-state index contributed by atoms with van der Waals surface area (Å²) in [6.45, 7) is 2.17. The van der Waals surface area contributed by atoms with Crippen molar-refractivity contribution in [1.29, 1.82) is 0 Å². The van der Waals surface area contributed by atoms with E-state index < -0.39 is 11.9 Å². The van der Waals surface area contributed by atoms with Gasteiger partial charge in [0.2, 0.25) is 0 Å². The topological polar surface area (TPSA) is 156 Å². The Morgan fingerprint density at radius 1 is 0.440 bits per heavy atom. The van der Waals surface area contributed by atoms with E-state index in [-0.39, 0.29) is 60.7 Å². The third-order valence-corrected chi connectivity index (χ3v) is 17.0. The fourth-order valence-electron chi connectivity index (χ4n) is 8.85. The molecule has 0 radical (unpaired) electrons. The quantitative estimate of drug-likeness (QED) is 0.0529. The predicted octanol–water partition coefficient (Wildman–Crippen LogP) is 8.28. The van der Waals surface area contributed by atoms with Crippen LogP contribution in [-0.4, -0.2) is 104 Å². The summed E-state index contributed by atoms with van der Waals surface area (Å²) >= 11 is 0. The van der Waals surface area contributed by atoms with Gasteiger partial charge in [0.15, 0.2) is 0 Å². The van der Waals surface area contributed by atoms with Gasteiger partial charge >= 0.3 is 0 Å². The van der Waals surface area contributed by atoms with Crippen LogP contribution in [0, 0.1) is 23.7 Å². The van der Waals surface area contributed by atoms with Gasteiger partial charge in [-0.05, 0) is 170 Å². The van der Waals surface area contributed by atoms with Crippen LogP contribution >= 0.6 is 15.8 Å². The number of hydrogen-bond acceptors (Lipinski definition) is 6. The minimum atomic E-state index is -0.833. The maximum Gasteiger partial charge on any atom is 0.300 e. The maximum absolute atomic E-state index is 9.95. The van der Waals surface area contributed by atoms with Crippen molar-refractivity contribution < 1.29 is 60.7 Å². The summed E-state index contributed by atoms with van der Waals surface area (Å²) in [5.74, 6) is 1.43. The molecule has 6 N–H and O–H groups in total. The zero-order valence-electron chi connectivity index (χ0n) is 31.4. The molecular weight excluding hydrogens is 765 g/mol. The molecule has 8 nitrogen and oxygen atoms in total. The zero-order valence-corrected chi connectivity index (χ0v) is 34.8. The molecule has 4 aliphatic carbocycles. The van der Waals surface area contributed by atoms with E-state index in [1.165, 1.54) is 120 Å². The molecule has 8 unspecified atom stereocenters. The van der Waals surface area contributed by atoms with E-state index in [0.29, 0.717) is 0 Å². The van der Waals surface area contributed by atoms with Crippen LogP contribution < -0.4 is 0 Å². The fourth-order valence-corrected chi connectivity index (χ4v) is 14.2. The van der Waals surface area contributed by atoms with Crippen molar-refractivity contribution in [3.05, 3.63) is 0 Å². The standard InChI is InChI=1S/C35H66O4P2.2C2H4O2.Pd/c36-32-14-10-28(24-32)6-1-18-40(19-2-7-29-11-15-33(37)25-29)22-5-23-41(20-3-8-30-12-16-34(38)26-30)21-4-9-31-13-17-35(39)27-31;2*1-2(3)4;/h28-39H,1-27H2;2*1H3,(H,3,4);. The molecule has 0 spiro atoms. The minimum absolute atomic E-state index is 0. The van der Waals surface area contributed by atoms with Gasteiger partial charge in [0.25, 0.3) is 11.9 Å². The Bertz CT molecular complexity index is 757. The summed E-state index contributed by atoms with van der Waals surface area (Å²) in [5.41, 5.74) is 0. The first-order valence-electron chi connectivity index (χ1n) is 20.0. The van der Waals surface area contributed by atoms with Gasteiger partial charge in [0.05, 0.1) is 24.4 Å². The molecule has 50 heavy (non-hydrogen) atoms. The van der Waals surface area contributed by atoms with Crippen LogP contribution in [0.15, 0.2) is 0 Å². The Labute approximate surface area is 320 Å². The molecule has 4 fully saturated rings. The molecule has 11 heteroatoms. The number of hydrogen-bond donors (Lipinski definition) is 6. The smallest absolute Gasteiger partial charge is 0.300 e. The SMILES string of the molecule is CC(=O)O.CC(=O)O.OC1CCC(CCCP(CCCC2CCC(O)C2)CCCP(CCCC2CCC(O)C2)CCCC2CCC(O)C2)C1.[Pd]. The molecule has 4 aliphatic rings. The fraction of sp³-hybridized carbons (Fsp3) is 0.949. The largest absolute Gasteiger partial charge is 0.481 e. The average Bonchev–Trinajstić information content (AvgIpc) is 3.82. The average molecular weight is 839 g/mol. The second-order valence-electron chi connectivity index (χ2n) is 16.0. The number of aliphatic hydroxyl groups is 4. The van der Waals surface area contributed by atoms with Crippen LogP contribution in [0.25, 0.3) is 0 Å². The Balaban J connectivity index is 0.00000125. The summed E-state index contributed by atoms with van der Waals surface area (Å²) in [4.78, 5) is 18.0. The van der Waals surface area contributed by atoms with Gasteiger partial charge in [-0.25, -0.2) is 0 Å². The number of aliphatic hydroxyl groups excluding tert-OH is 4. The van der Waals surface area contributed by atoms with E-state index in [1.807, 2.05) is 0 Å². The summed E-state index contributed by atoms with van der Waals surface area (Å²) < 4.78 is 0. The molecule has 8 atom stereocenters. The van der Waals surface area contributed by atoms with Crippen molar-refractivity contribution in [1.82, 2.24) is 0 Å². The van der Waals surface area contributed by atoms with E-state index >= 15 is 0 Å². The molecule has 0 saturated heterocycles. The molecule has 0 amide bonds. The van der Waals surface area contributed by atoms with Crippen LogP contribution in [0.5, 0.6) is 0 Å². The van der Waals surface area contributed by atoms with Crippen molar-refractivity contribution in [3.8, 4) is 0 Å². The number of carboxylic acid groups (broad SMARTS) is 2. The molecule has 0 bridgehead atoms. The minimum Gasteiger partial charge on any atom is -0.481 e. The van der Waals surface area contributed by atoms with Crippen molar-refractivity contribution in [3.63, 3.8) is 0 Å². The number of carboxylic acids is 2. The first-order valence-corrected chi connectivity index (χ1v) is 23.7. The molecule has 0 heterocycles. The van der Waals surface area contributed by atoms with Gasteiger partial charge in [0.1, 0.15) is 0 Å². The van der Waals surface area contributed by atoms with Gasteiger partial charge in [0, 0.05) is 34.3 Å². The second-order valence-corrected chi connectivity index (χ2v) is 21.3. The van der Waals surface area contributed by atoms with Gasteiger partial charge in [-0.3, -0.25) is 9.59 Å². The number of carbonyl (C=O) groups is 2. The zero-order chi connectivity index (χ0) is 36.0. The summed E-state index contributed by atoms with van der Waals surface area (Å²) in [6, 6.07) is 0. The van der Waals surface area contributed by atoms with Crippen LogP contribution in [0.3, 0.4) is 0 Å². The summed E-state index contributed by atoms with van der Waals surface area (Å²) in [7, 11) is 0.251. The normalized spacial score (nSPS) is 30.0.